The van der Waals surface area contributed by atoms with E-state index >= 15 is 0 Å². The molecule has 0 bridgehead atoms. The summed E-state index contributed by atoms with van der Waals surface area (Å²) < 4.78 is 34.3. The Kier molecular flexibility index (Phi) is 8.95. The molecule has 212 valence electrons. The Morgan fingerprint density at radius 1 is 0.976 bits per heavy atom. The first-order valence-electron chi connectivity index (χ1n) is 12.5. The molecule has 1 atom stereocenters. The lowest BCUT2D eigenvalue weighted by molar-refractivity contribution is -0.385. The van der Waals surface area contributed by atoms with E-state index in [0.29, 0.717) is 5.56 Å². The number of rotatable bonds is 10. The molecule has 0 aliphatic heterocycles. The zero-order chi connectivity index (χ0) is 29.7. The monoisotopic (exact) mass is 593 g/mol. The molecule has 0 spiro atoms. The number of halogens is 1. The number of hydrogen-bond acceptors (Lipinski definition) is 6. The van der Waals surface area contributed by atoms with Gasteiger partial charge >= 0.3 is 0 Å². The molecule has 4 aromatic carbocycles. The average Bonchev–Trinajstić information content (AvgIpc) is 2.95. The number of carbonyl (C=O) groups excluding carboxylic acids is 1. The molecule has 41 heavy (non-hydrogen) atoms. The first-order chi connectivity index (χ1) is 19.5. The van der Waals surface area contributed by atoms with E-state index in [1.165, 1.54) is 44.4 Å². The number of carbonyl (C=O) groups is 1. The number of sulfonamides is 1. The molecule has 9 nitrogen and oxygen atoms in total. The van der Waals surface area contributed by atoms with E-state index in [2.05, 4.69) is 5.32 Å². The minimum Gasteiger partial charge on any atom is -0.495 e. The fourth-order valence-electron chi connectivity index (χ4n) is 4.33. The second-order valence-corrected chi connectivity index (χ2v) is 11.7. The molecule has 0 saturated heterocycles. The predicted molar refractivity (Wildman–Crippen MR) is 158 cm³/mol. The van der Waals surface area contributed by atoms with Crippen molar-refractivity contribution < 1.29 is 22.9 Å². The van der Waals surface area contributed by atoms with Crippen molar-refractivity contribution in [1.82, 2.24) is 5.32 Å². The number of benzene rings is 4. The molecule has 0 aliphatic carbocycles. The third-order valence-electron chi connectivity index (χ3n) is 6.51. The summed E-state index contributed by atoms with van der Waals surface area (Å²) in [6, 6.07) is 24.3. The van der Waals surface area contributed by atoms with E-state index in [9.17, 15) is 23.3 Å². The molecular formula is C30H28ClN3O6S. The number of nitro benzene ring substituents is 1. The standard InChI is InChI=1S/C30H28ClN3O6S/c1-20-9-12-23(13-10-20)30(22-7-5-4-6-8-22)32-29(35)19-33(27-17-24(31)14-16-28(27)40-3)41(38,39)25-15-11-21(2)26(18-25)34(36)37/h4-18,30H,19H2,1-3H3,(H,32,35)/t30-/m1/s1. The normalized spacial score (nSPS) is 11.9. The number of anilines is 1. The summed E-state index contributed by atoms with van der Waals surface area (Å²) in [6.45, 7) is 2.81. The minimum atomic E-state index is -4.51. The summed E-state index contributed by atoms with van der Waals surface area (Å²) in [4.78, 5) is 24.2. The van der Waals surface area contributed by atoms with Gasteiger partial charge in [-0.3, -0.25) is 19.2 Å². The van der Waals surface area contributed by atoms with Crippen molar-refractivity contribution >= 4 is 38.9 Å². The highest BCUT2D eigenvalue weighted by Gasteiger charge is 2.32. The number of ether oxygens (including phenoxy) is 1. The van der Waals surface area contributed by atoms with Crippen LogP contribution in [0.15, 0.2) is 95.9 Å². The van der Waals surface area contributed by atoms with Crippen LogP contribution in [0.5, 0.6) is 5.75 Å². The molecule has 0 unspecified atom stereocenters. The van der Waals surface area contributed by atoms with Crippen LogP contribution in [0.25, 0.3) is 0 Å². The fourth-order valence-corrected chi connectivity index (χ4v) is 5.94. The van der Waals surface area contributed by atoms with E-state index in [4.69, 9.17) is 16.3 Å². The van der Waals surface area contributed by atoms with Gasteiger partial charge in [0.1, 0.15) is 12.3 Å². The third-order valence-corrected chi connectivity index (χ3v) is 8.50. The molecule has 4 aromatic rings. The van der Waals surface area contributed by atoms with Crippen molar-refractivity contribution in [2.24, 2.45) is 0 Å². The van der Waals surface area contributed by atoms with Crippen LogP contribution in [0.1, 0.15) is 28.3 Å². The van der Waals surface area contributed by atoms with Crippen molar-refractivity contribution in [3.8, 4) is 5.75 Å². The number of nitrogens with one attached hydrogen (secondary N) is 1. The molecule has 0 heterocycles. The van der Waals surface area contributed by atoms with Gasteiger partial charge in [0.2, 0.25) is 5.91 Å². The van der Waals surface area contributed by atoms with E-state index in [-0.39, 0.29) is 27.0 Å². The van der Waals surface area contributed by atoms with E-state index in [1.807, 2.05) is 61.5 Å². The van der Waals surface area contributed by atoms with Crippen molar-refractivity contribution in [1.29, 1.82) is 0 Å². The summed E-state index contributed by atoms with van der Waals surface area (Å²) in [5.74, 6) is -0.475. The Hall–Kier alpha value is -4.41. The Morgan fingerprint density at radius 2 is 1.63 bits per heavy atom. The average molecular weight is 594 g/mol. The lowest BCUT2D eigenvalue weighted by atomic mass is 9.98. The second-order valence-electron chi connectivity index (χ2n) is 9.36. The molecule has 0 saturated carbocycles. The quantitative estimate of drug-likeness (QED) is 0.179. The van der Waals surface area contributed by atoms with Crippen LogP contribution < -0.4 is 14.4 Å². The number of methoxy groups -OCH3 is 1. The van der Waals surface area contributed by atoms with Gasteiger partial charge in [-0.25, -0.2) is 8.42 Å². The van der Waals surface area contributed by atoms with Crippen molar-refractivity contribution in [3.05, 3.63) is 128 Å². The van der Waals surface area contributed by atoms with Crippen molar-refractivity contribution in [2.75, 3.05) is 18.0 Å². The zero-order valence-corrected chi connectivity index (χ0v) is 24.1. The molecule has 4 rings (SSSR count). The van der Waals surface area contributed by atoms with Gasteiger partial charge in [-0.15, -0.1) is 0 Å². The van der Waals surface area contributed by atoms with E-state index in [0.717, 1.165) is 27.1 Å². The first kappa shape index (κ1) is 29.6. The Balaban J connectivity index is 1.78. The van der Waals surface area contributed by atoms with Crippen LogP contribution in [-0.2, 0) is 14.8 Å². The molecule has 0 aliphatic rings. The van der Waals surface area contributed by atoms with Crippen LogP contribution in [0, 0.1) is 24.0 Å². The van der Waals surface area contributed by atoms with Crippen molar-refractivity contribution in [3.63, 3.8) is 0 Å². The minimum absolute atomic E-state index is 0.00461. The molecule has 11 heteroatoms. The number of aryl methyl sites for hydroxylation is 2. The highest BCUT2D eigenvalue weighted by atomic mass is 35.5. The molecule has 0 aromatic heterocycles. The lowest BCUT2D eigenvalue weighted by Gasteiger charge is -2.27. The van der Waals surface area contributed by atoms with Crippen LogP contribution in [0.4, 0.5) is 11.4 Å². The number of hydrogen-bond donors (Lipinski definition) is 1. The third kappa shape index (κ3) is 6.67. The molecule has 0 fully saturated rings. The largest absolute Gasteiger partial charge is 0.495 e. The maximum atomic E-state index is 14.0. The van der Waals surface area contributed by atoms with Crippen LogP contribution >= 0.6 is 11.6 Å². The molecule has 0 radical (unpaired) electrons. The van der Waals surface area contributed by atoms with Crippen LogP contribution in [0.2, 0.25) is 5.02 Å². The summed E-state index contributed by atoms with van der Waals surface area (Å²) >= 11 is 6.23. The van der Waals surface area contributed by atoms with Gasteiger partial charge in [0.15, 0.2) is 0 Å². The topological polar surface area (TPSA) is 119 Å². The summed E-state index contributed by atoms with van der Waals surface area (Å²) in [5, 5.41) is 14.7. The summed E-state index contributed by atoms with van der Waals surface area (Å²) in [5.41, 5.74) is 2.58. The smallest absolute Gasteiger partial charge is 0.273 e. The highest BCUT2D eigenvalue weighted by molar-refractivity contribution is 7.92. The van der Waals surface area contributed by atoms with Gasteiger partial charge < -0.3 is 10.1 Å². The number of nitrogens with zero attached hydrogens (tertiary/aromatic N) is 2. The number of nitro groups is 1. The Morgan fingerprint density at radius 3 is 2.27 bits per heavy atom. The van der Waals surface area contributed by atoms with Gasteiger partial charge in [-0.05, 0) is 49.2 Å². The van der Waals surface area contributed by atoms with Gasteiger partial charge in [0.05, 0.1) is 28.7 Å². The molecule has 1 N–H and O–H groups in total. The Bertz CT molecular complexity index is 1680. The van der Waals surface area contributed by atoms with Crippen molar-refractivity contribution in [2.45, 2.75) is 24.8 Å². The van der Waals surface area contributed by atoms with Gasteiger partial charge in [0, 0.05) is 16.7 Å². The summed E-state index contributed by atoms with van der Waals surface area (Å²) in [6.07, 6.45) is 0. The SMILES string of the molecule is COc1ccc(Cl)cc1N(CC(=O)N[C@H](c1ccccc1)c1ccc(C)cc1)S(=O)(=O)c1ccc(C)c([N+](=O)[O-])c1. The fraction of sp³-hybridized carbons (Fsp3) is 0.167. The van der Waals surface area contributed by atoms with Gasteiger partial charge in [-0.1, -0.05) is 77.8 Å². The predicted octanol–water partition coefficient (Wildman–Crippen LogP) is 5.97. The first-order valence-corrected chi connectivity index (χ1v) is 14.3. The molecular weight excluding hydrogens is 566 g/mol. The van der Waals surface area contributed by atoms with Crippen LogP contribution in [0.3, 0.4) is 0 Å². The Labute approximate surface area is 243 Å². The van der Waals surface area contributed by atoms with Gasteiger partial charge in [0.25, 0.3) is 15.7 Å². The number of amides is 1. The highest BCUT2D eigenvalue weighted by Crippen LogP contribution is 2.36. The maximum Gasteiger partial charge on any atom is 0.273 e. The zero-order valence-electron chi connectivity index (χ0n) is 22.6. The van der Waals surface area contributed by atoms with E-state index in [1.54, 1.807) is 0 Å². The maximum absolute atomic E-state index is 14.0. The van der Waals surface area contributed by atoms with Gasteiger partial charge in [-0.2, -0.15) is 0 Å². The summed E-state index contributed by atoms with van der Waals surface area (Å²) in [7, 11) is -3.15. The van der Waals surface area contributed by atoms with Crippen LogP contribution in [-0.4, -0.2) is 32.9 Å². The lowest BCUT2D eigenvalue weighted by Crippen LogP contribution is -2.42. The second kappa shape index (κ2) is 12.4. The van der Waals surface area contributed by atoms with E-state index < -0.39 is 33.4 Å². The molecule has 1 amide bonds.